The number of nitrogens with one attached hydrogen (secondary N) is 1. The summed E-state index contributed by atoms with van der Waals surface area (Å²) in [7, 11) is 2.03. The van der Waals surface area contributed by atoms with Gasteiger partial charge in [-0.1, -0.05) is 12.1 Å². The molecule has 1 N–H and O–H groups in total. The largest absolute Gasteiger partial charge is 0.497 e. The third-order valence-corrected chi connectivity index (χ3v) is 5.79. The molecule has 1 heterocycles. The number of ether oxygens (including phenoxy) is 2. The lowest BCUT2D eigenvalue weighted by atomic mass is 10.1. The van der Waals surface area contributed by atoms with Gasteiger partial charge >= 0.3 is 0 Å². The maximum atomic E-state index is 12.6. The summed E-state index contributed by atoms with van der Waals surface area (Å²) in [5.74, 6) is 0.751. The maximum absolute atomic E-state index is 12.6. The minimum atomic E-state index is -3.42. The summed E-state index contributed by atoms with van der Waals surface area (Å²) in [5.41, 5.74) is 0.916. The van der Waals surface area contributed by atoms with Gasteiger partial charge in [-0.15, -0.1) is 0 Å². The first-order valence-corrected chi connectivity index (χ1v) is 9.34. The highest BCUT2D eigenvalue weighted by atomic mass is 32.2. The Labute approximate surface area is 138 Å². The van der Waals surface area contributed by atoms with Crippen molar-refractivity contribution >= 4 is 10.0 Å². The molecule has 1 aliphatic heterocycles. The Hall–Kier alpha value is -1.15. The fraction of sp³-hybridized carbons (Fsp3) is 0.625. The van der Waals surface area contributed by atoms with Gasteiger partial charge in [0, 0.05) is 13.2 Å². The summed E-state index contributed by atoms with van der Waals surface area (Å²) in [4.78, 5) is 1.97. The van der Waals surface area contributed by atoms with E-state index < -0.39 is 15.3 Å². The van der Waals surface area contributed by atoms with E-state index >= 15 is 0 Å². The second kappa shape index (κ2) is 8.10. The van der Waals surface area contributed by atoms with Crippen LogP contribution in [0, 0.1) is 0 Å². The first kappa shape index (κ1) is 18.2. The van der Waals surface area contributed by atoms with Crippen LogP contribution in [0.15, 0.2) is 24.3 Å². The van der Waals surface area contributed by atoms with Crippen LogP contribution in [0.25, 0.3) is 0 Å². The Morgan fingerprint density at radius 2 is 2.04 bits per heavy atom. The molecule has 1 aliphatic rings. The van der Waals surface area contributed by atoms with Crippen LogP contribution >= 0.6 is 0 Å². The van der Waals surface area contributed by atoms with Crippen molar-refractivity contribution < 1.29 is 17.9 Å². The number of sulfonamides is 1. The monoisotopic (exact) mass is 342 g/mol. The lowest BCUT2D eigenvalue weighted by Crippen LogP contribution is -2.43. The average Bonchev–Trinajstić information content (AvgIpc) is 2.54. The Morgan fingerprint density at radius 3 is 2.57 bits per heavy atom. The fourth-order valence-corrected chi connectivity index (χ4v) is 4.21. The summed E-state index contributed by atoms with van der Waals surface area (Å²) in [6.07, 6.45) is 1.43. The number of hydrogen-bond acceptors (Lipinski definition) is 5. The molecule has 2 atom stereocenters. The molecule has 7 heteroatoms. The van der Waals surface area contributed by atoms with Crippen LogP contribution < -0.4 is 9.46 Å². The van der Waals surface area contributed by atoms with Crippen molar-refractivity contribution in [2.45, 2.75) is 24.1 Å². The molecule has 2 unspecified atom stereocenters. The minimum absolute atomic E-state index is 0.270. The number of likely N-dealkylation sites (N-methyl/N-ethyl adjacent to an activating group) is 1. The number of nitrogens with zero attached hydrogens (tertiary/aromatic N) is 1. The second-order valence-electron chi connectivity index (χ2n) is 6.09. The van der Waals surface area contributed by atoms with E-state index in [-0.39, 0.29) is 12.6 Å². The van der Waals surface area contributed by atoms with Crippen LogP contribution in [0.4, 0.5) is 0 Å². The minimum Gasteiger partial charge on any atom is -0.497 e. The van der Waals surface area contributed by atoms with Gasteiger partial charge in [0.15, 0.2) is 0 Å². The molecule has 1 aromatic carbocycles. The molecule has 1 aromatic rings. The van der Waals surface area contributed by atoms with E-state index in [9.17, 15) is 8.42 Å². The van der Waals surface area contributed by atoms with Crippen LogP contribution in [-0.2, 0) is 14.8 Å². The molecule has 0 spiro atoms. The molecule has 1 fully saturated rings. The molecule has 2 rings (SSSR count). The van der Waals surface area contributed by atoms with E-state index in [0.29, 0.717) is 19.6 Å². The van der Waals surface area contributed by atoms with Crippen molar-refractivity contribution in [3.63, 3.8) is 0 Å². The smallest absolute Gasteiger partial charge is 0.217 e. The third kappa shape index (κ3) is 5.17. The summed E-state index contributed by atoms with van der Waals surface area (Å²) in [6.45, 7) is 1.50. The molecule has 6 nitrogen and oxygen atoms in total. The molecule has 0 aliphatic carbocycles. The van der Waals surface area contributed by atoms with Gasteiger partial charge in [-0.05, 0) is 44.6 Å². The predicted molar refractivity (Wildman–Crippen MR) is 90.2 cm³/mol. The highest BCUT2D eigenvalue weighted by Gasteiger charge is 2.30. The standard InChI is InChI=1S/C16H26N2O4S/c1-18(2)11-16(13-6-8-14(21-3)9-7-13)17-23(19,20)15-5-4-10-22-12-15/h6-9,15-17H,4-5,10-12H2,1-3H3. The summed E-state index contributed by atoms with van der Waals surface area (Å²) in [5, 5.41) is -0.473. The zero-order chi connectivity index (χ0) is 16.9. The van der Waals surface area contributed by atoms with Crippen molar-refractivity contribution in [1.82, 2.24) is 9.62 Å². The van der Waals surface area contributed by atoms with Crippen LogP contribution in [0.5, 0.6) is 5.75 Å². The van der Waals surface area contributed by atoms with Crippen molar-refractivity contribution in [1.29, 1.82) is 0 Å². The Kier molecular flexibility index (Phi) is 6.41. The van der Waals surface area contributed by atoms with Crippen LogP contribution in [0.3, 0.4) is 0 Å². The van der Waals surface area contributed by atoms with E-state index in [2.05, 4.69) is 4.72 Å². The molecule has 0 saturated carbocycles. The molecule has 23 heavy (non-hydrogen) atoms. The topological polar surface area (TPSA) is 67.9 Å². The van der Waals surface area contributed by atoms with Gasteiger partial charge in [0.1, 0.15) is 5.75 Å². The molecular formula is C16H26N2O4S. The molecule has 0 amide bonds. The van der Waals surface area contributed by atoms with Gasteiger partial charge in [-0.3, -0.25) is 0 Å². The van der Waals surface area contributed by atoms with Gasteiger partial charge in [-0.25, -0.2) is 13.1 Å². The highest BCUT2D eigenvalue weighted by Crippen LogP contribution is 2.22. The van der Waals surface area contributed by atoms with Gasteiger partial charge in [0.2, 0.25) is 10.0 Å². The van der Waals surface area contributed by atoms with E-state index in [0.717, 1.165) is 17.7 Å². The summed E-state index contributed by atoms with van der Waals surface area (Å²) >= 11 is 0. The third-order valence-electron chi connectivity index (χ3n) is 3.93. The van der Waals surface area contributed by atoms with Crippen molar-refractivity contribution in [2.24, 2.45) is 0 Å². The van der Waals surface area contributed by atoms with E-state index in [1.54, 1.807) is 7.11 Å². The lowest BCUT2D eigenvalue weighted by molar-refractivity contribution is 0.0986. The summed E-state index contributed by atoms with van der Waals surface area (Å²) < 4.78 is 38.6. The molecule has 0 radical (unpaired) electrons. The maximum Gasteiger partial charge on any atom is 0.217 e. The quantitative estimate of drug-likeness (QED) is 0.811. The normalized spacial score (nSPS) is 20.4. The van der Waals surface area contributed by atoms with E-state index in [1.165, 1.54) is 0 Å². The van der Waals surface area contributed by atoms with Crippen LogP contribution in [0.1, 0.15) is 24.4 Å². The van der Waals surface area contributed by atoms with Crippen LogP contribution in [0.2, 0.25) is 0 Å². The van der Waals surface area contributed by atoms with Gasteiger partial charge in [0.05, 0.1) is 25.0 Å². The first-order chi connectivity index (χ1) is 10.9. The Bertz CT molecular complexity index is 581. The number of benzene rings is 1. The molecular weight excluding hydrogens is 316 g/mol. The number of hydrogen-bond donors (Lipinski definition) is 1. The van der Waals surface area contributed by atoms with Gasteiger partial charge in [0.25, 0.3) is 0 Å². The number of methoxy groups -OCH3 is 1. The second-order valence-corrected chi connectivity index (χ2v) is 8.08. The van der Waals surface area contributed by atoms with E-state index in [4.69, 9.17) is 9.47 Å². The number of rotatable bonds is 7. The zero-order valence-electron chi connectivity index (χ0n) is 14.0. The first-order valence-electron chi connectivity index (χ1n) is 7.80. The van der Waals surface area contributed by atoms with Gasteiger partial charge < -0.3 is 14.4 Å². The molecule has 0 bridgehead atoms. The highest BCUT2D eigenvalue weighted by molar-refractivity contribution is 7.90. The van der Waals surface area contributed by atoms with Crippen molar-refractivity contribution in [3.05, 3.63) is 29.8 Å². The molecule has 1 saturated heterocycles. The fourth-order valence-electron chi connectivity index (χ4n) is 2.66. The van der Waals surface area contributed by atoms with Crippen LogP contribution in [-0.4, -0.2) is 59.5 Å². The van der Waals surface area contributed by atoms with Crippen molar-refractivity contribution in [3.8, 4) is 5.75 Å². The average molecular weight is 342 g/mol. The predicted octanol–water partition coefficient (Wildman–Crippen LogP) is 1.40. The lowest BCUT2D eigenvalue weighted by Gasteiger charge is -2.27. The molecule has 130 valence electrons. The Balaban J connectivity index is 2.16. The molecule has 0 aromatic heterocycles. The SMILES string of the molecule is COc1ccc(C(CN(C)C)NS(=O)(=O)C2CCCOC2)cc1. The zero-order valence-corrected chi connectivity index (χ0v) is 14.8. The van der Waals surface area contributed by atoms with Crippen molar-refractivity contribution in [2.75, 3.05) is 41.0 Å². The van der Waals surface area contributed by atoms with E-state index in [1.807, 2.05) is 43.3 Å². The van der Waals surface area contributed by atoms with Gasteiger partial charge in [-0.2, -0.15) is 0 Å². The summed E-state index contributed by atoms with van der Waals surface area (Å²) in [6, 6.07) is 7.18. The Morgan fingerprint density at radius 1 is 1.35 bits per heavy atom.